The first kappa shape index (κ1) is 8.46. The van der Waals surface area contributed by atoms with Gasteiger partial charge in [0.2, 0.25) is 0 Å². The van der Waals surface area contributed by atoms with Gasteiger partial charge >= 0.3 is 78.3 Å². The van der Waals surface area contributed by atoms with E-state index in [0.717, 1.165) is 0 Å². The first-order valence-corrected chi connectivity index (χ1v) is 4.85. The maximum absolute atomic E-state index is 2.28. The monoisotopic (exact) mass is 211 g/mol. The van der Waals surface area contributed by atoms with Crippen LogP contribution in [0.2, 0.25) is 0 Å². The second kappa shape index (κ2) is 2.77. The topological polar surface area (TPSA) is 0 Å². The Labute approximate surface area is 78.2 Å². The molecule has 0 spiro atoms. The first-order valence-electron chi connectivity index (χ1n) is 3.62. The number of rotatable bonds is 0. The van der Waals surface area contributed by atoms with Crippen LogP contribution in [0.15, 0.2) is 21.0 Å². The Kier molecular flexibility index (Phi) is 2.35. The van der Waals surface area contributed by atoms with Gasteiger partial charge in [0.05, 0.1) is 0 Å². The van der Waals surface area contributed by atoms with Gasteiger partial charge in [-0.05, 0) is 0 Å². The number of hydrogen-bond acceptors (Lipinski definition) is 0. The second-order valence-electron chi connectivity index (χ2n) is 3.81. The molecule has 1 rings (SSSR count). The molecule has 1 heteroatoms. The minimum absolute atomic E-state index is 0.384. The van der Waals surface area contributed by atoms with E-state index < -0.39 is 0 Å². The van der Waals surface area contributed by atoms with Crippen molar-refractivity contribution in [3.63, 3.8) is 0 Å². The number of allylic oxidation sites excluding steroid dienone is 4. The van der Waals surface area contributed by atoms with Gasteiger partial charge in [0.15, 0.2) is 0 Å². The fraction of sp³-hybridized carbons (Fsp3) is 0.556. The normalized spacial score (nSPS) is 18.6. The SMILES string of the molecule is CC(C)(C)C1=CC=[C]([Zr])C1. The molecule has 0 aromatic rings. The van der Waals surface area contributed by atoms with E-state index in [-0.39, 0.29) is 0 Å². The molecule has 0 aromatic carbocycles. The van der Waals surface area contributed by atoms with Crippen LogP contribution in [-0.2, 0) is 24.7 Å². The van der Waals surface area contributed by atoms with Gasteiger partial charge in [-0.25, -0.2) is 0 Å². The van der Waals surface area contributed by atoms with Crippen molar-refractivity contribution < 1.29 is 24.7 Å². The van der Waals surface area contributed by atoms with Gasteiger partial charge in [0.1, 0.15) is 0 Å². The molecule has 0 unspecified atom stereocenters. The predicted octanol–water partition coefficient (Wildman–Crippen LogP) is 2.79. The van der Waals surface area contributed by atoms with Gasteiger partial charge in [-0.3, -0.25) is 0 Å². The van der Waals surface area contributed by atoms with Crippen molar-refractivity contribution in [2.45, 2.75) is 27.2 Å². The molecule has 0 atom stereocenters. The van der Waals surface area contributed by atoms with Crippen molar-refractivity contribution in [2.24, 2.45) is 5.41 Å². The molecule has 0 aromatic heterocycles. The van der Waals surface area contributed by atoms with Crippen molar-refractivity contribution in [3.05, 3.63) is 21.0 Å². The van der Waals surface area contributed by atoms with Gasteiger partial charge in [0, 0.05) is 0 Å². The van der Waals surface area contributed by atoms with E-state index in [1.807, 2.05) is 0 Å². The molecule has 0 fully saturated rings. The van der Waals surface area contributed by atoms with Gasteiger partial charge in [-0.1, -0.05) is 0 Å². The molecular weight excluding hydrogens is 199 g/mol. The van der Waals surface area contributed by atoms with Crippen LogP contribution < -0.4 is 0 Å². The van der Waals surface area contributed by atoms with E-state index >= 15 is 0 Å². The van der Waals surface area contributed by atoms with E-state index in [1.165, 1.54) is 6.42 Å². The van der Waals surface area contributed by atoms with E-state index in [2.05, 4.69) is 32.9 Å². The maximum atomic E-state index is 2.28. The van der Waals surface area contributed by atoms with Crippen molar-refractivity contribution in [1.82, 2.24) is 0 Å². The summed E-state index contributed by atoms with van der Waals surface area (Å²) in [6.45, 7) is 6.84. The summed E-state index contributed by atoms with van der Waals surface area (Å²) in [4.78, 5) is 0. The minimum atomic E-state index is 0.384. The Morgan fingerprint density at radius 2 is 1.90 bits per heavy atom. The van der Waals surface area contributed by atoms with Crippen LogP contribution in [0.3, 0.4) is 0 Å². The van der Waals surface area contributed by atoms with Crippen molar-refractivity contribution in [3.8, 4) is 0 Å². The van der Waals surface area contributed by atoms with Crippen LogP contribution in [-0.4, -0.2) is 0 Å². The van der Waals surface area contributed by atoms with Gasteiger partial charge in [-0.15, -0.1) is 0 Å². The molecule has 0 bridgehead atoms. The Morgan fingerprint density at radius 3 is 2.10 bits per heavy atom. The zero-order chi connectivity index (χ0) is 7.78. The summed E-state index contributed by atoms with van der Waals surface area (Å²) in [7, 11) is 0. The van der Waals surface area contributed by atoms with Crippen LogP contribution in [0, 0.1) is 5.41 Å². The molecule has 0 heterocycles. The summed E-state index contributed by atoms with van der Waals surface area (Å²) in [5.74, 6) is 0. The third kappa shape index (κ3) is 1.92. The summed E-state index contributed by atoms with van der Waals surface area (Å²) < 4.78 is 1.58. The van der Waals surface area contributed by atoms with Crippen LogP contribution in [0.5, 0.6) is 0 Å². The van der Waals surface area contributed by atoms with Crippen molar-refractivity contribution >= 4 is 0 Å². The Hall–Kier alpha value is 0.363. The van der Waals surface area contributed by atoms with E-state index in [0.29, 0.717) is 5.41 Å². The van der Waals surface area contributed by atoms with E-state index in [1.54, 1.807) is 33.6 Å². The Morgan fingerprint density at radius 1 is 1.30 bits per heavy atom. The van der Waals surface area contributed by atoms with Crippen molar-refractivity contribution in [1.29, 1.82) is 0 Å². The van der Waals surface area contributed by atoms with E-state index in [4.69, 9.17) is 0 Å². The van der Waals surface area contributed by atoms with Gasteiger partial charge < -0.3 is 0 Å². The average Bonchev–Trinajstić information content (AvgIpc) is 2.11. The molecule has 0 saturated carbocycles. The number of hydrogen-bond donors (Lipinski definition) is 0. The Bertz CT molecular complexity index is 191. The molecule has 10 heavy (non-hydrogen) atoms. The fourth-order valence-electron chi connectivity index (χ4n) is 1.04. The molecule has 0 amide bonds. The molecule has 0 nitrogen and oxygen atoms in total. The quantitative estimate of drug-likeness (QED) is 0.579. The van der Waals surface area contributed by atoms with Crippen molar-refractivity contribution in [2.75, 3.05) is 0 Å². The van der Waals surface area contributed by atoms with Crippen LogP contribution in [0.4, 0.5) is 0 Å². The third-order valence-corrected chi connectivity index (χ3v) is 2.67. The van der Waals surface area contributed by atoms with Crippen LogP contribution >= 0.6 is 0 Å². The fourth-order valence-corrected chi connectivity index (χ4v) is 1.71. The van der Waals surface area contributed by atoms with Gasteiger partial charge in [0.25, 0.3) is 0 Å². The average molecular weight is 212 g/mol. The summed E-state index contributed by atoms with van der Waals surface area (Å²) in [5.41, 5.74) is 1.97. The zero-order valence-electron chi connectivity index (χ0n) is 6.86. The summed E-state index contributed by atoms with van der Waals surface area (Å²) in [5, 5.41) is 0. The Balaban J connectivity index is 2.66. The molecule has 0 N–H and O–H groups in total. The molecule has 1 aliphatic carbocycles. The molecular formula is C9H13Zr. The van der Waals surface area contributed by atoms with E-state index in [9.17, 15) is 0 Å². The first-order chi connectivity index (χ1) is 4.50. The summed E-state index contributed by atoms with van der Waals surface area (Å²) in [6, 6.07) is 0. The standard InChI is InChI=1S/C9H13.Zr/c1-9(2,3)8-6-4-5-7-8;/h4,6H,7H2,1-3H3;. The predicted molar refractivity (Wildman–Crippen MR) is 40.2 cm³/mol. The molecule has 0 saturated heterocycles. The second-order valence-corrected chi connectivity index (χ2v) is 5.39. The molecule has 0 radical (unpaired) electrons. The molecule has 1 aliphatic rings. The molecule has 0 aliphatic heterocycles. The summed E-state index contributed by atoms with van der Waals surface area (Å²) in [6.07, 6.45) is 5.77. The third-order valence-electron chi connectivity index (χ3n) is 1.83. The summed E-state index contributed by atoms with van der Waals surface area (Å²) >= 11 is 1.57. The van der Waals surface area contributed by atoms with Crippen LogP contribution in [0.1, 0.15) is 27.2 Å². The van der Waals surface area contributed by atoms with Gasteiger partial charge in [-0.2, -0.15) is 0 Å². The zero-order valence-corrected chi connectivity index (χ0v) is 9.32. The van der Waals surface area contributed by atoms with Crippen LogP contribution in [0.25, 0.3) is 0 Å². The molecule has 53 valence electrons.